The van der Waals surface area contributed by atoms with Crippen LogP contribution in [0.2, 0.25) is 0 Å². The van der Waals surface area contributed by atoms with E-state index < -0.39 is 35.0 Å². The molecule has 4 unspecified atom stereocenters. The first-order chi connectivity index (χ1) is 11.8. The number of allylic oxidation sites excluding steroid dienone is 1. The van der Waals surface area contributed by atoms with E-state index in [9.17, 15) is 19.5 Å². The maximum Gasteiger partial charge on any atom is 0.306 e. The van der Waals surface area contributed by atoms with Gasteiger partial charge in [0.2, 0.25) is 5.78 Å². The monoisotopic (exact) mass is 364 g/mol. The highest BCUT2D eigenvalue weighted by Crippen LogP contribution is 2.49. The third kappa shape index (κ3) is 4.48. The van der Waals surface area contributed by atoms with Crippen molar-refractivity contribution in [3.8, 4) is 0 Å². The average molecular weight is 364 g/mol. The van der Waals surface area contributed by atoms with Gasteiger partial charge in [-0.3, -0.25) is 14.4 Å². The lowest BCUT2D eigenvalue weighted by Crippen LogP contribution is -2.48. The van der Waals surface area contributed by atoms with Gasteiger partial charge in [0.15, 0.2) is 17.5 Å². The van der Waals surface area contributed by atoms with Crippen LogP contribution in [-0.4, -0.2) is 46.1 Å². The van der Waals surface area contributed by atoms with E-state index in [4.69, 9.17) is 9.47 Å². The summed E-state index contributed by atoms with van der Waals surface area (Å²) in [5.74, 6) is -1.73. The van der Waals surface area contributed by atoms with Crippen LogP contribution in [0.4, 0.5) is 0 Å². The quantitative estimate of drug-likeness (QED) is 0.423. The Balaban J connectivity index is 2.19. The summed E-state index contributed by atoms with van der Waals surface area (Å²) in [6.07, 6.45) is 1.82. The topological polar surface area (TPSA) is 93.2 Å². The fourth-order valence-corrected chi connectivity index (χ4v) is 3.12. The molecule has 1 saturated carbocycles. The van der Waals surface area contributed by atoms with Crippen LogP contribution in [-0.2, 0) is 23.9 Å². The molecule has 1 heterocycles. The standard InChI is InChI=1S/C20H28O6/c1-11(2)9-16(22)25-17-13(10-15-20(6,26-15)18(17)23)12(3)14(21)7-8-19(4,5)24/h7-8,11,13,15,17,24H,3,9-10H2,1-2,4-6H3. The number of fused-ring (bicyclic) bond motifs is 1. The maximum atomic E-state index is 12.8. The smallest absolute Gasteiger partial charge is 0.306 e. The van der Waals surface area contributed by atoms with Crippen molar-refractivity contribution in [2.45, 2.75) is 70.9 Å². The van der Waals surface area contributed by atoms with Crippen LogP contribution in [0.15, 0.2) is 24.3 Å². The molecule has 2 rings (SSSR count). The first-order valence-electron chi connectivity index (χ1n) is 8.91. The van der Waals surface area contributed by atoms with Crippen molar-refractivity contribution in [2.24, 2.45) is 11.8 Å². The molecule has 0 amide bonds. The molecule has 0 aromatic heterocycles. The number of epoxide rings is 1. The third-order valence-corrected chi connectivity index (χ3v) is 4.77. The number of hydrogen-bond donors (Lipinski definition) is 1. The van der Waals surface area contributed by atoms with E-state index in [0.29, 0.717) is 6.42 Å². The predicted octanol–water partition coefficient (Wildman–Crippen LogP) is 2.14. The minimum absolute atomic E-state index is 0.0969. The highest BCUT2D eigenvalue weighted by molar-refractivity contribution is 6.06. The van der Waals surface area contributed by atoms with Crippen LogP contribution in [0.3, 0.4) is 0 Å². The molecule has 1 saturated heterocycles. The molecule has 2 fully saturated rings. The molecule has 6 nitrogen and oxygen atoms in total. The van der Waals surface area contributed by atoms with Gasteiger partial charge < -0.3 is 14.6 Å². The highest BCUT2D eigenvalue weighted by atomic mass is 16.6. The molecule has 0 bridgehead atoms. The lowest BCUT2D eigenvalue weighted by atomic mass is 9.75. The van der Waals surface area contributed by atoms with Crippen molar-refractivity contribution in [3.63, 3.8) is 0 Å². The van der Waals surface area contributed by atoms with Crippen molar-refractivity contribution < 1.29 is 29.0 Å². The van der Waals surface area contributed by atoms with Crippen LogP contribution in [0.25, 0.3) is 0 Å². The van der Waals surface area contributed by atoms with Gasteiger partial charge in [0.25, 0.3) is 0 Å². The SMILES string of the molecule is C=C(C(=O)C=CC(C)(C)O)C1CC2OC2(C)C(=O)C1OC(=O)CC(C)C. The molecule has 4 atom stereocenters. The Morgan fingerprint density at radius 1 is 1.46 bits per heavy atom. The van der Waals surface area contributed by atoms with Gasteiger partial charge in [0.1, 0.15) is 0 Å². The second-order valence-electron chi connectivity index (χ2n) is 8.30. The van der Waals surface area contributed by atoms with Crippen molar-refractivity contribution >= 4 is 17.5 Å². The Bertz CT molecular complexity index is 654. The van der Waals surface area contributed by atoms with E-state index in [2.05, 4.69) is 6.58 Å². The Morgan fingerprint density at radius 2 is 2.08 bits per heavy atom. The zero-order valence-electron chi connectivity index (χ0n) is 16.1. The largest absolute Gasteiger partial charge is 0.454 e. The zero-order valence-corrected chi connectivity index (χ0v) is 16.1. The second-order valence-corrected chi connectivity index (χ2v) is 8.30. The second kappa shape index (κ2) is 7.08. The van der Waals surface area contributed by atoms with Crippen LogP contribution >= 0.6 is 0 Å². The summed E-state index contributed by atoms with van der Waals surface area (Å²) in [7, 11) is 0. The van der Waals surface area contributed by atoms with Gasteiger partial charge in [-0.05, 0) is 50.8 Å². The number of Topliss-reactive ketones (excluding diaryl/α,β-unsaturated/α-hetero) is 1. The maximum absolute atomic E-state index is 12.8. The first kappa shape index (κ1) is 20.5. The lowest BCUT2D eigenvalue weighted by molar-refractivity contribution is -0.161. The molecular formula is C20H28O6. The van der Waals surface area contributed by atoms with Crippen LogP contribution in [0.1, 0.15) is 47.5 Å². The van der Waals surface area contributed by atoms with Gasteiger partial charge in [-0.15, -0.1) is 0 Å². The summed E-state index contributed by atoms with van der Waals surface area (Å²) in [6, 6.07) is 0. The molecule has 1 aliphatic heterocycles. The van der Waals surface area contributed by atoms with E-state index in [-0.39, 0.29) is 29.8 Å². The number of carbonyl (C=O) groups is 3. The minimum Gasteiger partial charge on any atom is -0.454 e. The van der Waals surface area contributed by atoms with Gasteiger partial charge in [0.05, 0.1) is 11.7 Å². The third-order valence-electron chi connectivity index (χ3n) is 4.77. The Labute approximate surface area is 154 Å². The molecule has 2 aliphatic rings. The van der Waals surface area contributed by atoms with Crippen LogP contribution < -0.4 is 0 Å². The molecule has 0 aromatic carbocycles. The van der Waals surface area contributed by atoms with E-state index >= 15 is 0 Å². The van der Waals surface area contributed by atoms with Gasteiger partial charge in [-0.2, -0.15) is 0 Å². The zero-order chi connectivity index (χ0) is 19.9. The van der Waals surface area contributed by atoms with Gasteiger partial charge >= 0.3 is 5.97 Å². The molecule has 6 heteroatoms. The number of ketones is 2. The highest BCUT2D eigenvalue weighted by Gasteiger charge is 2.66. The molecule has 0 radical (unpaired) electrons. The summed E-state index contributed by atoms with van der Waals surface area (Å²) in [4.78, 5) is 37.3. The molecule has 1 N–H and O–H groups in total. The van der Waals surface area contributed by atoms with E-state index in [1.165, 1.54) is 12.2 Å². The van der Waals surface area contributed by atoms with Crippen LogP contribution in [0.5, 0.6) is 0 Å². The number of carbonyl (C=O) groups excluding carboxylic acids is 3. The summed E-state index contributed by atoms with van der Waals surface area (Å²) in [5.41, 5.74) is -1.90. The summed E-state index contributed by atoms with van der Waals surface area (Å²) >= 11 is 0. The van der Waals surface area contributed by atoms with E-state index in [0.717, 1.165) is 0 Å². The van der Waals surface area contributed by atoms with E-state index in [1.807, 2.05) is 13.8 Å². The Kier molecular flexibility index (Phi) is 5.59. The number of esters is 1. The van der Waals surface area contributed by atoms with E-state index in [1.54, 1.807) is 20.8 Å². The van der Waals surface area contributed by atoms with Gasteiger partial charge in [-0.1, -0.05) is 20.4 Å². The Morgan fingerprint density at radius 3 is 2.62 bits per heavy atom. The van der Waals surface area contributed by atoms with Crippen molar-refractivity contribution in [2.75, 3.05) is 0 Å². The van der Waals surface area contributed by atoms with Gasteiger partial charge in [-0.25, -0.2) is 0 Å². The number of rotatable bonds is 7. The van der Waals surface area contributed by atoms with Crippen molar-refractivity contribution in [1.82, 2.24) is 0 Å². The normalized spacial score (nSPS) is 31.0. The van der Waals surface area contributed by atoms with Crippen molar-refractivity contribution in [3.05, 3.63) is 24.3 Å². The Hall–Kier alpha value is -1.79. The first-order valence-corrected chi connectivity index (χ1v) is 8.91. The number of ether oxygens (including phenoxy) is 2. The number of aliphatic hydroxyl groups is 1. The fourth-order valence-electron chi connectivity index (χ4n) is 3.12. The predicted molar refractivity (Wildman–Crippen MR) is 95.3 cm³/mol. The fraction of sp³-hybridized carbons (Fsp3) is 0.650. The van der Waals surface area contributed by atoms with Crippen LogP contribution in [0, 0.1) is 11.8 Å². The van der Waals surface area contributed by atoms with Gasteiger partial charge in [0, 0.05) is 12.3 Å². The number of hydrogen-bond acceptors (Lipinski definition) is 6. The summed E-state index contributed by atoms with van der Waals surface area (Å²) in [5, 5.41) is 9.73. The molecule has 144 valence electrons. The molecule has 0 aromatic rings. The minimum atomic E-state index is -1.14. The van der Waals surface area contributed by atoms with Crippen molar-refractivity contribution in [1.29, 1.82) is 0 Å². The molecular weight excluding hydrogens is 336 g/mol. The lowest BCUT2D eigenvalue weighted by Gasteiger charge is -2.31. The summed E-state index contributed by atoms with van der Waals surface area (Å²) < 4.78 is 10.9. The molecule has 1 aliphatic carbocycles. The molecule has 26 heavy (non-hydrogen) atoms. The molecule has 0 spiro atoms. The average Bonchev–Trinajstić information content (AvgIpc) is 3.17. The summed E-state index contributed by atoms with van der Waals surface area (Å²) in [6.45, 7) is 12.4.